The predicted molar refractivity (Wildman–Crippen MR) is 96.9 cm³/mol. The number of hydrogen-bond acceptors (Lipinski definition) is 4. The minimum atomic E-state index is -0.331. The number of thiocarbonyl (C=S) groups is 1. The summed E-state index contributed by atoms with van der Waals surface area (Å²) in [5, 5.41) is 6.64. The number of allylic oxidation sites excluding steroid dienone is 1. The molecule has 0 radical (unpaired) electrons. The van der Waals surface area contributed by atoms with Gasteiger partial charge in [-0.2, -0.15) is 0 Å². The molecule has 1 aromatic rings. The van der Waals surface area contributed by atoms with Crippen LogP contribution in [-0.2, 0) is 4.79 Å². The van der Waals surface area contributed by atoms with Gasteiger partial charge in [0.15, 0.2) is 22.4 Å². The maximum Gasteiger partial charge on any atom is 0.174 e. The number of methoxy groups -OCH3 is 1. The highest BCUT2D eigenvalue weighted by molar-refractivity contribution is 9.10. The van der Waals surface area contributed by atoms with Crippen LogP contribution in [0.15, 0.2) is 27.9 Å². The third-order valence-electron chi connectivity index (χ3n) is 3.52. The van der Waals surface area contributed by atoms with Crippen LogP contribution in [0.1, 0.15) is 32.4 Å². The minimum absolute atomic E-state index is 0.0140. The summed E-state index contributed by atoms with van der Waals surface area (Å²) in [5.74, 6) is 1.23. The van der Waals surface area contributed by atoms with E-state index in [1.807, 2.05) is 26.0 Å². The molecule has 0 fully saturated rings. The number of Topliss-reactive ketones (excluding diaryl/α,β-unsaturated/α-hetero) is 1. The standard InChI is InChI=1S/C16H19BrN2O3S/c1-5-22-12-7-10(6-11(17)15(12)21-4)14-13(9(3)20)8(2)18-16(23)19-14/h6-7,14H,5H2,1-4H3,(H2,18,19,23). The van der Waals surface area contributed by atoms with Gasteiger partial charge < -0.3 is 20.1 Å². The second-order valence-electron chi connectivity index (χ2n) is 5.09. The average Bonchev–Trinajstić information content (AvgIpc) is 2.45. The van der Waals surface area contributed by atoms with Gasteiger partial charge in [-0.1, -0.05) is 0 Å². The van der Waals surface area contributed by atoms with Crippen LogP contribution >= 0.6 is 28.1 Å². The first-order valence-electron chi connectivity index (χ1n) is 7.18. The van der Waals surface area contributed by atoms with E-state index in [1.165, 1.54) is 0 Å². The fourth-order valence-corrected chi connectivity index (χ4v) is 3.52. The van der Waals surface area contributed by atoms with Gasteiger partial charge in [0.1, 0.15) is 0 Å². The van der Waals surface area contributed by atoms with Gasteiger partial charge in [0.25, 0.3) is 0 Å². The number of carbonyl (C=O) groups is 1. The Balaban J connectivity index is 2.57. The van der Waals surface area contributed by atoms with E-state index in [1.54, 1.807) is 14.0 Å². The van der Waals surface area contributed by atoms with E-state index >= 15 is 0 Å². The van der Waals surface area contributed by atoms with Crippen molar-refractivity contribution in [3.63, 3.8) is 0 Å². The third kappa shape index (κ3) is 3.67. The van der Waals surface area contributed by atoms with Crippen LogP contribution in [0, 0.1) is 0 Å². The molecule has 0 saturated heterocycles. The largest absolute Gasteiger partial charge is 0.492 e. The highest BCUT2D eigenvalue weighted by Crippen LogP contribution is 2.40. The number of ether oxygens (including phenoxy) is 2. The molecule has 1 atom stereocenters. The van der Waals surface area contributed by atoms with E-state index in [4.69, 9.17) is 21.7 Å². The smallest absolute Gasteiger partial charge is 0.174 e. The Morgan fingerprint density at radius 1 is 1.43 bits per heavy atom. The van der Waals surface area contributed by atoms with Crippen molar-refractivity contribution in [3.8, 4) is 11.5 Å². The molecule has 0 spiro atoms. The van der Waals surface area contributed by atoms with Gasteiger partial charge in [-0.25, -0.2) is 0 Å². The van der Waals surface area contributed by atoms with Crippen LogP contribution in [-0.4, -0.2) is 24.6 Å². The lowest BCUT2D eigenvalue weighted by Gasteiger charge is -2.30. The highest BCUT2D eigenvalue weighted by Gasteiger charge is 2.29. The average molecular weight is 399 g/mol. The Bertz CT molecular complexity index is 688. The molecule has 7 heteroatoms. The topological polar surface area (TPSA) is 59.6 Å². The van der Waals surface area contributed by atoms with Gasteiger partial charge in [-0.15, -0.1) is 0 Å². The molecule has 2 N–H and O–H groups in total. The Hall–Kier alpha value is -1.60. The van der Waals surface area contributed by atoms with Crippen molar-refractivity contribution < 1.29 is 14.3 Å². The van der Waals surface area contributed by atoms with Crippen LogP contribution in [0.3, 0.4) is 0 Å². The zero-order valence-electron chi connectivity index (χ0n) is 13.5. The number of hydrogen-bond donors (Lipinski definition) is 2. The van der Waals surface area contributed by atoms with E-state index in [0.717, 1.165) is 15.7 Å². The quantitative estimate of drug-likeness (QED) is 0.742. The normalized spacial score (nSPS) is 17.4. The van der Waals surface area contributed by atoms with Crippen LogP contribution in [0.5, 0.6) is 11.5 Å². The van der Waals surface area contributed by atoms with Gasteiger partial charge in [0.2, 0.25) is 0 Å². The Kier molecular flexibility index (Phi) is 5.64. The zero-order valence-corrected chi connectivity index (χ0v) is 15.9. The first-order valence-corrected chi connectivity index (χ1v) is 8.38. The van der Waals surface area contributed by atoms with Crippen LogP contribution in [0.25, 0.3) is 0 Å². The molecule has 1 unspecified atom stereocenters. The first kappa shape index (κ1) is 17.7. The van der Waals surface area contributed by atoms with Gasteiger partial charge in [0, 0.05) is 11.3 Å². The Morgan fingerprint density at radius 2 is 2.13 bits per heavy atom. The molecule has 0 saturated carbocycles. The summed E-state index contributed by atoms with van der Waals surface area (Å²) in [7, 11) is 1.59. The molecule has 0 amide bonds. The van der Waals surface area contributed by atoms with Crippen molar-refractivity contribution in [2.24, 2.45) is 0 Å². The molecule has 2 rings (SSSR count). The van der Waals surface area contributed by atoms with Gasteiger partial charge in [-0.3, -0.25) is 4.79 Å². The second-order valence-corrected chi connectivity index (χ2v) is 6.36. The Morgan fingerprint density at radius 3 is 2.70 bits per heavy atom. The molecule has 1 aromatic carbocycles. The number of ketones is 1. The number of nitrogens with one attached hydrogen (secondary N) is 2. The van der Waals surface area contributed by atoms with Gasteiger partial charge in [0.05, 0.1) is 24.2 Å². The van der Waals surface area contributed by atoms with Crippen molar-refractivity contribution in [3.05, 3.63) is 33.4 Å². The summed E-state index contributed by atoms with van der Waals surface area (Å²) >= 11 is 8.73. The molecule has 0 aromatic heterocycles. The summed E-state index contributed by atoms with van der Waals surface area (Å²) in [4.78, 5) is 12.1. The maximum atomic E-state index is 12.1. The van der Waals surface area contributed by atoms with Crippen LogP contribution in [0.4, 0.5) is 0 Å². The summed E-state index contributed by atoms with van der Waals surface area (Å²) < 4.78 is 11.8. The zero-order chi connectivity index (χ0) is 17.1. The molecular formula is C16H19BrN2O3S. The van der Waals surface area contributed by atoms with E-state index < -0.39 is 0 Å². The highest BCUT2D eigenvalue weighted by atomic mass is 79.9. The molecular weight excluding hydrogens is 380 g/mol. The monoisotopic (exact) mass is 398 g/mol. The summed E-state index contributed by atoms with van der Waals surface area (Å²) in [6.45, 7) is 5.81. The molecule has 0 aliphatic carbocycles. The van der Waals surface area contributed by atoms with E-state index in [2.05, 4.69) is 26.6 Å². The minimum Gasteiger partial charge on any atom is -0.492 e. The number of carbonyl (C=O) groups excluding carboxylic acids is 1. The van der Waals surface area contributed by atoms with E-state index in [0.29, 0.717) is 28.8 Å². The molecule has 5 nitrogen and oxygen atoms in total. The van der Waals surface area contributed by atoms with E-state index in [9.17, 15) is 4.79 Å². The third-order valence-corrected chi connectivity index (χ3v) is 4.33. The summed E-state index contributed by atoms with van der Waals surface area (Å²) in [6, 6.07) is 3.45. The van der Waals surface area contributed by atoms with Crippen molar-refractivity contribution >= 4 is 39.0 Å². The van der Waals surface area contributed by atoms with Gasteiger partial charge >= 0.3 is 0 Å². The van der Waals surface area contributed by atoms with Crippen molar-refractivity contribution in [1.82, 2.24) is 10.6 Å². The molecule has 1 aliphatic heterocycles. The maximum absolute atomic E-state index is 12.1. The number of rotatable bonds is 5. The molecule has 23 heavy (non-hydrogen) atoms. The fraction of sp³-hybridized carbons (Fsp3) is 0.375. The fourth-order valence-electron chi connectivity index (χ4n) is 2.63. The lowest BCUT2D eigenvalue weighted by atomic mass is 9.93. The lowest BCUT2D eigenvalue weighted by Crippen LogP contribution is -2.44. The SMILES string of the molecule is CCOc1cc(C2NC(=S)NC(C)=C2C(C)=O)cc(Br)c1OC. The Labute approximate surface area is 149 Å². The predicted octanol–water partition coefficient (Wildman–Crippen LogP) is 3.24. The second kappa shape index (κ2) is 7.31. The van der Waals surface area contributed by atoms with Gasteiger partial charge in [-0.05, 0) is 66.6 Å². The van der Waals surface area contributed by atoms with Crippen molar-refractivity contribution in [1.29, 1.82) is 0 Å². The lowest BCUT2D eigenvalue weighted by molar-refractivity contribution is -0.114. The number of benzene rings is 1. The molecule has 124 valence electrons. The molecule has 1 heterocycles. The van der Waals surface area contributed by atoms with Crippen LogP contribution < -0.4 is 20.1 Å². The summed E-state index contributed by atoms with van der Waals surface area (Å²) in [6.07, 6.45) is 0. The van der Waals surface area contributed by atoms with Crippen LogP contribution in [0.2, 0.25) is 0 Å². The molecule has 0 bridgehead atoms. The molecule has 1 aliphatic rings. The van der Waals surface area contributed by atoms with Crippen molar-refractivity contribution in [2.45, 2.75) is 26.8 Å². The number of halogens is 1. The van der Waals surface area contributed by atoms with E-state index in [-0.39, 0.29) is 11.8 Å². The first-order chi connectivity index (χ1) is 10.9. The van der Waals surface area contributed by atoms with Crippen molar-refractivity contribution in [2.75, 3.05) is 13.7 Å². The summed E-state index contributed by atoms with van der Waals surface area (Å²) in [5.41, 5.74) is 2.28.